The predicted octanol–water partition coefficient (Wildman–Crippen LogP) is 5.24. The van der Waals surface area contributed by atoms with Crippen LogP contribution in [-0.2, 0) is 17.8 Å². The molecule has 0 aliphatic rings. The standard InChI is InChI=1S/C20H22N2OS2/c1-3-15(2)22(13-16-8-5-4-6-9-16)19(23)12-17-14-25-20(21-17)18-10-7-11-24-18/h4-11,14-15H,3,12-13H2,1-2H3. The quantitative estimate of drug-likeness (QED) is 0.570. The molecule has 1 unspecified atom stereocenters. The molecule has 3 rings (SSSR count). The normalized spacial score (nSPS) is 12.1. The maximum Gasteiger partial charge on any atom is 0.229 e. The maximum absolute atomic E-state index is 12.9. The molecule has 0 spiro atoms. The van der Waals surface area contributed by atoms with Crippen molar-refractivity contribution in [3.63, 3.8) is 0 Å². The molecule has 3 nitrogen and oxygen atoms in total. The van der Waals surface area contributed by atoms with E-state index in [-0.39, 0.29) is 11.9 Å². The van der Waals surface area contributed by atoms with Crippen LogP contribution >= 0.6 is 22.7 Å². The summed E-state index contributed by atoms with van der Waals surface area (Å²) >= 11 is 3.29. The number of hydrogen-bond donors (Lipinski definition) is 0. The molecule has 1 aromatic carbocycles. The fourth-order valence-electron chi connectivity index (χ4n) is 2.65. The average molecular weight is 371 g/mol. The van der Waals surface area contributed by atoms with E-state index in [1.54, 1.807) is 22.7 Å². The third-order valence-electron chi connectivity index (χ3n) is 4.26. The molecule has 1 atom stereocenters. The topological polar surface area (TPSA) is 33.2 Å². The first-order chi connectivity index (χ1) is 12.2. The first-order valence-corrected chi connectivity index (χ1v) is 10.2. The van der Waals surface area contributed by atoms with Crippen molar-refractivity contribution in [3.05, 3.63) is 64.5 Å². The van der Waals surface area contributed by atoms with Gasteiger partial charge in [-0.3, -0.25) is 4.79 Å². The second-order valence-corrected chi connectivity index (χ2v) is 7.87. The van der Waals surface area contributed by atoms with Crippen molar-refractivity contribution >= 4 is 28.6 Å². The highest BCUT2D eigenvalue weighted by atomic mass is 32.1. The number of amides is 1. The fourth-order valence-corrected chi connectivity index (χ4v) is 4.28. The smallest absolute Gasteiger partial charge is 0.229 e. The molecule has 2 heterocycles. The van der Waals surface area contributed by atoms with Gasteiger partial charge < -0.3 is 4.90 Å². The van der Waals surface area contributed by atoms with Crippen molar-refractivity contribution in [2.24, 2.45) is 0 Å². The summed E-state index contributed by atoms with van der Waals surface area (Å²) in [6.45, 7) is 4.88. The fraction of sp³-hybridized carbons (Fsp3) is 0.300. The Morgan fingerprint density at radius 3 is 2.64 bits per heavy atom. The van der Waals surface area contributed by atoms with Crippen LogP contribution in [0, 0.1) is 0 Å². The number of nitrogens with zero attached hydrogens (tertiary/aromatic N) is 2. The van der Waals surface area contributed by atoms with Gasteiger partial charge in [0.25, 0.3) is 0 Å². The second kappa shape index (κ2) is 8.41. The zero-order valence-corrected chi connectivity index (χ0v) is 16.1. The Morgan fingerprint density at radius 2 is 1.96 bits per heavy atom. The van der Waals surface area contributed by atoms with Gasteiger partial charge in [0, 0.05) is 18.0 Å². The zero-order chi connectivity index (χ0) is 17.6. The Bertz CT molecular complexity index is 796. The van der Waals surface area contributed by atoms with Gasteiger partial charge in [0.05, 0.1) is 17.0 Å². The average Bonchev–Trinajstić information content (AvgIpc) is 3.31. The van der Waals surface area contributed by atoms with Crippen LogP contribution < -0.4 is 0 Å². The summed E-state index contributed by atoms with van der Waals surface area (Å²) in [7, 11) is 0. The van der Waals surface area contributed by atoms with Crippen LogP contribution in [0.2, 0.25) is 0 Å². The largest absolute Gasteiger partial charge is 0.335 e. The van der Waals surface area contributed by atoms with Crippen molar-refractivity contribution in [2.75, 3.05) is 0 Å². The summed E-state index contributed by atoms with van der Waals surface area (Å²) in [6.07, 6.45) is 1.30. The van der Waals surface area contributed by atoms with Crippen LogP contribution in [0.15, 0.2) is 53.2 Å². The Labute approximate surface area is 157 Å². The van der Waals surface area contributed by atoms with Crippen LogP contribution in [0.5, 0.6) is 0 Å². The number of rotatable bonds is 7. The molecule has 25 heavy (non-hydrogen) atoms. The molecule has 0 bridgehead atoms. The third-order valence-corrected chi connectivity index (χ3v) is 6.19. The minimum absolute atomic E-state index is 0.140. The van der Waals surface area contributed by atoms with E-state index in [9.17, 15) is 4.79 Å². The highest BCUT2D eigenvalue weighted by molar-refractivity contribution is 7.20. The van der Waals surface area contributed by atoms with Gasteiger partial charge in [-0.15, -0.1) is 22.7 Å². The summed E-state index contributed by atoms with van der Waals surface area (Å²) in [5, 5.41) is 5.05. The summed E-state index contributed by atoms with van der Waals surface area (Å²) in [5.74, 6) is 0.140. The van der Waals surface area contributed by atoms with E-state index >= 15 is 0 Å². The van der Waals surface area contributed by atoms with Crippen LogP contribution in [0.25, 0.3) is 9.88 Å². The molecule has 1 amide bonds. The predicted molar refractivity (Wildman–Crippen MR) is 106 cm³/mol. The molecular formula is C20H22N2OS2. The lowest BCUT2D eigenvalue weighted by Gasteiger charge is -2.28. The number of benzene rings is 1. The first-order valence-electron chi connectivity index (χ1n) is 8.49. The molecule has 5 heteroatoms. The lowest BCUT2D eigenvalue weighted by atomic mass is 10.1. The van der Waals surface area contributed by atoms with Crippen molar-refractivity contribution < 1.29 is 4.79 Å². The number of aromatic nitrogens is 1. The Balaban J connectivity index is 1.72. The Hall–Kier alpha value is -1.98. The number of carbonyl (C=O) groups is 1. The van der Waals surface area contributed by atoms with E-state index in [0.29, 0.717) is 13.0 Å². The SMILES string of the molecule is CCC(C)N(Cc1ccccc1)C(=O)Cc1csc(-c2cccs2)n1. The molecule has 0 fully saturated rings. The minimum atomic E-state index is 0.140. The summed E-state index contributed by atoms with van der Waals surface area (Å²) in [5.41, 5.74) is 2.02. The maximum atomic E-state index is 12.9. The highest BCUT2D eigenvalue weighted by Crippen LogP contribution is 2.28. The van der Waals surface area contributed by atoms with Gasteiger partial charge in [0.15, 0.2) is 0 Å². The van der Waals surface area contributed by atoms with Gasteiger partial charge in [0.1, 0.15) is 5.01 Å². The lowest BCUT2D eigenvalue weighted by molar-refractivity contribution is -0.133. The summed E-state index contributed by atoms with van der Waals surface area (Å²) in [4.78, 5) is 20.7. The van der Waals surface area contributed by atoms with Crippen molar-refractivity contribution in [3.8, 4) is 9.88 Å². The molecule has 0 saturated carbocycles. The van der Waals surface area contributed by atoms with Gasteiger partial charge in [-0.25, -0.2) is 4.98 Å². The molecule has 0 saturated heterocycles. The third kappa shape index (κ3) is 4.55. The van der Waals surface area contributed by atoms with Gasteiger partial charge >= 0.3 is 0 Å². The van der Waals surface area contributed by atoms with E-state index in [1.807, 2.05) is 39.9 Å². The van der Waals surface area contributed by atoms with E-state index < -0.39 is 0 Å². The zero-order valence-electron chi connectivity index (χ0n) is 14.5. The first kappa shape index (κ1) is 17.8. The van der Waals surface area contributed by atoms with Gasteiger partial charge in [-0.1, -0.05) is 43.3 Å². The molecule has 3 aromatic rings. The Morgan fingerprint density at radius 1 is 1.16 bits per heavy atom. The van der Waals surface area contributed by atoms with Crippen LogP contribution in [0.3, 0.4) is 0 Å². The molecule has 0 aliphatic heterocycles. The molecule has 0 N–H and O–H groups in total. The number of thiazole rings is 1. The van der Waals surface area contributed by atoms with Gasteiger partial charge in [-0.05, 0) is 30.4 Å². The van der Waals surface area contributed by atoms with Crippen LogP contribution in [0.1, 0.15) is 31.5 Å². The van der Waals surface area contributed by atoms with Crippen molar-refractivity contribution in [1.82, 2.24) is 9.88 Å². The van der Waals surface area contributed by atoms with Crippen molar-refractivity contribution in [1.29, 1.82) is 0 Å². The van der Waals surface area contributed by atoms with Gasteiger partial charge in [-0.2, -0.15) is 0 Å². The lowest BCUT2D eigenvalue weighted by Crippen LogP contribution is -2.38. The molecule has 2 aromatic heterocycles. The van der Waals surface area contributed by atoms with Crippen LogP contribution in [0.4, 0.5) is 0 Å². The second-order valence-electron chi connectivity index (χ2n) is 6.06. The van der Waals surface area contributed by atoms with E-state index in [0.717, 1.165) is 27.6 Å². The number of hydrogen-bond acceptors (Lipinski definition) is 4. The van der Waals surface area contributed by atoms with Crippen molar-refractivity contribution in [2.45, 2.75) is 39.3 Å². The molecule has 130 valence electrons. The van der Waals surface area contributed by atoms with E-state index in [2.05, 4.69) is 37.0 Å². The van der Waals surface area contributed by atoms with Crippen LogP contribution in [-0.4, -0.2) is 21.8 Å². The monoisotopic (exact) mass is 370 g/mol. The molecule has 0 radical (unpaired) electrons. The Kier molecular flexibility index (Phi) is 6.00. The van der Waals surface area contributed by atoms with Gasteiger partial charge in [0.2, 0.25) is 5.91 Å². The summed E-state index contributed by atoms with van der Waals surface area (Å²) in [6, 6.07) is 14.5. The van der Waals surface area contributed by atoms with E-state index in [4.69, 9.17) is 0 Å². The summed E-state index contributed by atoms with van der Waals surface area (Å²) < 4.78 is 0. The minimum Gasteiger partial charge on any atom is -0.335 e. The number of thiophene rings is 1. The molecular weight excluding hydrogens is 348 g/mol. The van der Waals surface area contributed by atoms with E-state index in [1.165, 1.54) is 0 Å². The highest BCUT2D eigenvalue weighted by Gasteiger charge is 2.20. The number of carbonyl (C=O) groups excluding carboxylic acids is 1. The molecule has 0 aliphatic carbocycles.